The van der Waals surface area contributed by atoms with Crippen LogP contribution in [0, 0.1) is 0 Å². The van der Waals surface area contributed by atoms with Crippen LogP contribution in [-0.4, -0.2) is 37.2 Å². The summed E-state index contributed by atoms with van der Waals surface area (Å²) in [5.74, 6) is -1.07. The van der Waals surface area contributed by atoms with Gasteiger partial charge in [-0.1, -0.05) is 186 Å². The second-order valence-electron chi connectivity index (χ2n) is 13.4. The molecule has 0 N–H and O–H groups in total. The van der Waals surface area contributed by atoms with E-state index in [2.05, 4.69) is 57.2 Å². The molecule has 0 atom stereocenters. The van der Waals surface area contributed by atoms with Crippen molar-refractivity contribution in [1.82, 2.24) is 0 Å². The molecule has 0 radical (unpaired) electrons. The van der Waals surface area contributed by atoms with Gasteiger partial charge in [0, 0.05) is 19.3 Å². The lowest BCUT2D eigenvalue weighted by Gasteiger charge is -2.18. The first-order valence-electron chi connectivity index (χ1n) is 21.5. The lowest BCUT2D eigenvalue weighted by atomic mass is 10.1. The monoisotopic (exact) mass is 783 g/mol. The van der Waals surface area contributed by atoms with Gasteiger partial charge in [-0.2, -0.15) is 0 Å². The van der Waals surface area contributed by atoms with E-state index in [9.17, 15) is 14.4 Å². The third kappa shape index (κ3) is 42.3. The van der Waals surface area contributed by atoms with Crippen LogP contribution >= 0.6 is 0 Å². The van der Waals surface area contributed by atoms with Gasteiger partial charge in [0.15, 0.2) is 6.10 Å². The number of esters is 3. The summed E-state index contributed by atoms with van der Waals surface area (Å²) >= 11 is 0. The van der Waals surface area contributed by atoms with Crippen LogP contribution in [0.2, 0.25) is 0 Å². The molecule has 0 aliphatic heterocycles. The van der Waals surface area contributed by atoms with Crippen molar-refractivity contribution in [3.05, 3.63) is 146 Å². The van der Waals surface area contributed by atoms with E-state index in [1.54, 1.807) is 0 Å². The van der Waals surface area contributed by atoms with Gasteiger partial charge < -0.3 is 14.2 Å². The normalized spacial score (nSPS) is 13.1. The van der Waals surface area contributed by atoms with Gasteiger partial charge in [0.25, 0.3) is 0 Å². The molecular formula is C51H74O6. The molecule has 0 aromatic rings. The maximum atomic E-state index is 12.7. The minimum Gasteiger partial charge on any atom is -0.462 e. The summed E-state index contributed by atoms with van der Waals surface area (Å²) in [4.78, 5) is 37.7. The molecule has 0 spiro atoms. The van der Waals surface area contributed by atoms with Crippen molar-refractivity contribution in [1.29, 1.82) is 0 Å². The van der Waals surface area contributed by atoms with Crippen LogP contribution < -0.4 is 0 Å². The molecule has 0 bridgehead atoms. The predicted octanol–water partition coefficient (Wildman–Crippen LogP) is 13.7. The van der Waals surface area contributed by atoms with Gasteiger partial charge in [-0.3, -0.25) is 14.4 Å². The van der Waals surface area contributed by atoms with E-state index in [1.807, 2.05) is 109 Å². The third-order valence-corrected chi connectivity index (χ3v) is 8.10. The summed E-state index contributed by atoms with van der Waals surface area (Å²) in [5, 5.41) is 0. The number of rotatable bonds is 35. The molecule has 6 heteroatoms. The van der Waals surface area contributed by atoms with E-state index in [0.717, 1.165) is 77.0 Å². The fourth-order valence-corrected chi connectivity index (χ4v) is 4.94. The van der Waals surface area contributed by atoms with Gasteiger partial charge in [0.05, 0.1) is 0 Å². The van der Waals surface area contributed by atoms with Crippen LogP contribution in [0.5, 0.6) is 0 Å². The molecule has 0 aliphatic rings. The zero-order valence-electron chi connectivity index (χ0n) is 35.5. The number of allylic oxidation sites excluding steroid dienone is 24. The Morgan fingerprint density at radius 1 is 0.351 bits per heavy atom. The topological polar surface area (TPSA) is 78.9 Å². The number of hydrogen-bond donors (Lipinski definition) is 0. The van der Waals surface area contributed by atoms with Gasteiger partial charge >= 0.3 is 17.9 Å². The number of unbranched alkanes of at least 4 members (excludes halogenated alkanes) is 9. The highest BCUT2D eigenvalue weighted by atomic mass is 16.6. The molecule has 57 heavy (non-hydrogen) atoms. The summed E-state index contributed by atoms with van der Waals surface area (Å²) in [6.07, 6.45) is 62.6. The Hall–Kier alpha value is -4.71. The van der Waals surface area contributed by atoms with Gasteiger partial charge in [-0.25, -0.2) is 0 Å². The van der Waals surface area contributed by atoms with Crippen LogP contribution in [0.25, 0.3) is 0 Å². The summed E-state index contributed by atoms with van der Waals surface area (Å²) in [7, 11) is 0. The Morgan fingerprint density at radius 3 is 0.947 bits per heavy atom. The molecule has 0 saturated heterocycles. The first-order valence-corrected chi connectivity index (χ1v) is 21.5. The first kappa shape index (κ1) is 52.3. The second kappa shape index (κ2) is 44.0. The minimum atomic E-state index is -0.835. The van der Waals surface area contributed by atoms with Crippen molar-refractivity contribution in [2.75, 3.05) is 13.2 Å². The summed E-state index contributed by atoms with van der Waals surface area (Å²) in [6.45, 7) is 6.05. The smallest absolute Gasteiger partial charge is 0.306 e. The molecular weight excluding hydrogens is 709 g/mol. The van der Waals surface area contributed by atoms with Crippen molar-refractivity contribution in [2.24, 2.45) is 0 Å². The number of hydrogen-bond acceptors (Lipinski definition) is 6. The molecule has 0 unspecified atom stereocenters. The Bertz CT molecular complexity index is 1290. The Labute approximate surface area is 347 Å². The minimum absolute atomic E-state index is 0.135. The maximum Gasteiger partial charge on any atom is 0.306 e. The SMILES string of the molecule is CC\C=C/C=C\C=C/C=C\CCCCCC(=O)OCC(COC(=O)CCCCC\C=C/C=C\C=C/C=C\CC)OC(=O)CCCCC\C=C/C=C\C=C/C=C\CC. The molecule has 6 nitrogen and oxygen atoms in total. The third-order valence-electron chi connectivity index (χ3n) is 8.10. The van der Waals surface area contributed by atoms with Crippen LogP contribution in [0.4, 0.5) is 0 Å². The van der Waals surface area contributed by atoms with E-state index >= 15 is 0 Å². The van der Waals surface area contributed by atoms with E-state index in [1.165, 1.54) is 0 Å². The number of ether oxygens (including phenoxy) is 3. The fraction of sp³-hybridized carbons (Fsp3) is 0.471. The van der Waals surface area contributed by atoms with Crippen molar-refractivity contribution in [3.8, 4) is 0 Å². The van der Waals surface area contributed by atoms with Crippen molar-refractivity contribution in [3.63, 3.8) is 0 Å². The second-order valence-corrected chi connectivity index (χ2v) is 13.4. The van der Waals surface area contributed by atoms with E-state index in [-0.39, 0.29) is 50.4 Å². The van der Waals surface area contributed by atoms with Crippen molar-refractivity contribution < 1.29 is 28.6 Å². The van der Waals surface area contributed by atoms with Crippen LogP contribution in [0.3, 0.4) is 0 Å². The molecule has 0 aromatic heterocycles. The van der Waals surface area contributed by atoms with Gasteiger partial charge in [-0.05, 0) is 77.0 Å². The maximum absolute atomic E-state index is 12.7. The van der Waals surface area contributed by atoms with Gasteiger partial charge in [0.2, 0.25) is 0 Å². The van der Waals surface area contributed by atoms with Gasteiger partial charge in [0.1, 0.15) is 13.2 Å². The molecule has 0 aliphatic carbocycles. The molecule has 0 rings (SSSR count). The highest BCUT2D eigenvalue weighted by Gasteiger charge is 2.19. The average Bonchev–Trinajstić information content (AvgIpc) is 3.21. The average molecular weight is 783 g/mol. The van der Waals surface area contributed by atoms with E-state index < -0.39 is 6.10 Å². The van der Waals surface area contributed by atoms with Crippen molar-refractivity contribution >= 4 is 17.9 Å². The molecule has 0 aromatic carbocycles. The number of carbonyl (C=O) groups excluding carboxylic acids is 3. The van der Waals surface area contributed by atoms with E-state index in [0.29, 0.717) is 19.3 Å². The lowest BCUT2D eigenvalue weighted by molar-refractivity contribution is -0.167. The zero-order valence-corrected chi connectivity index (χ0v) is 35.5. The largest absolute Gasteiger partial charge is 0.462 e. The summed E-state index contributed by atoms with van der Waals surface area (Å²) in [5.41, 5.74) is 0. The Morgan fingerprint density at radius 2 is 0.632 bits per heavy atom. The highest BCUT2D eigenvalue weighted by molar-refractivity contribution is 5.71. The summed E-state index contributed by atoms with van der Waals surface area (Å²) in [6, 6.07) is 0. The quantitative estimate of drug-likeness (QED) is 0.0276. The van der Waals surface area contributed by atoms with Crippen LogP contribution in [0.15, 0.2) is 146 Å². The van der Waals surface area contributed by atoms with E-state index in [4.69, 9.17) is 14.2 Å². The standard InChI is InChI=1S/C51H74O6/c1-4-7-10-13-16-19-22-25-28-31-34-37-40-43-49(52)55-46-48(57-51(54)45-42-39-36-33-30-27-24-21-18-15-12-9-6-3)47-56-50(53)44-41-38-35-32-29-26-23-20-17-14-11-8-5-2/h7-30,48H,4-6,31-47H2,1-3H3/b10-7-,11-8-,12-9-,16-13-,17-14-,18-15-,22-19-,23-20-,24-21-,28-25-,29-26-,30-27-. The van der Waals surface area contributed by atoms with Gasteiger partial charge in [-0.15, -0.1) is 0 Å². The molecule has 0 fully saturated rings. The summed E-state index contributed by atoms with van der Waals surface area (Å²) < 4.78 is 16.6. The molecule has 314 valence electrons. The van der Waals surface area contributed by atoms with Crippen molar-refractivity contribution in [2.45, 2.75) is 142 Å². The Kier molecular flexibility index (Phi) is 40.4. The number of carbonyl (C=O) groups is 3. The molecule has 0 amide bonds. The lowest BCUT2D eigenvalue weighted by Crippen LogP contribution is -2.30. The molecule has 0 saturated carbocycles. The van der Waals surface area contributed by atoms with Crippen LogP contribution in [0.1, 0.15) is 136 Å². The molecule has 0 heterocycles. The Balaban J connectivity index is 4.64. The van der Waals surface area contributed by atoms with Crippen LogP contribution in [-0.2, 0) is 28.6 Å². The first-order chi connectivity index (χ1) is 28.0. The fourth-order valence-electron chi connectivity index (χ4n) is 4.94. The zero-order chi connectivity index (χ0) is 41.5. The predicted molar refractivity (Wildman–Crippen MR) is 242 cm³/mol. The highest BCUT2D eigenvalue weighted by Crippen LogP contribution is 2.10.